The maximum atomic E-state index is 12.8. The van der Waals surface area contributed by atoms with E-state index >= 15 is 0 Å². The summed E-state index contributed by atoms with van der Waals surface area (Å²) in [5.41, 5.74) is 6.15. The van der Waals surface area contributed by atoms with Gasteiger partial charge in [0.05, 0.1) is 17.8 Å². The van der Waals surface area contributed by atoms with Gasteiger partial charge in [-0.2, -0.15) is 0 Å². The fourth-order valence-corrected chi connectivity index (χ4v) is 10.1. The summed E-state index contributed by atoms with van der Waals surface area (Å²) in [6.45, 7) is 7.85. The summed E-state index contributed by atoms with van der Waals surface area (Å²) in [7, 11) is 0. The largest absolute Gasteiger partial charge is 0.484 e. The summed E-state index contributed by atoms with van der Waals surface area (Å²) < 4.78 is 55.0. The molecule has 0 saturated carbocycles. The normalized spacial score (nSPS) is 19.6. The van der Waals surface area contributed by atoms with Crippen molar-refractivity contribution in [3.05, 3.63) is 159 Å². The number of carbonyl (C=O) groups excluding carboxylic acids is 6. The number of carbonyl (C=O) groups is 6. The van der Waals surface area contributed by atoms with Crippen LogP contribution in [0, 0.1) is 0 Å². The highest BCUT2D eigenvalue weighted by atomic mass is 16.6. The fraction of sp³-hybridized carbons (Fsp3) is 0.222. The Morgan fingerprint density at radius 3 is 0.754 bits per heavy atom. The zero-order valence-electron chi connectivity index (χ0n) is 38.0. The minimum absolute atomic E-state index is 0.197. The van der Waals surface area contributed by atoms with E-state index in [0.29, 0.717) is 84.6 Å². The minimum atomic E-state index is -0.807. The summed E-state index contributed by atoms with van der Waals surface area (Å²) in [5, 5.41) is 0. The van der Waals surface area contributed by atoms with Gasteiger partial charge in [-0.15, -0.1) is 0 Å². The van der Waals surface area contributed by atoms with Gasteiger partial charge in [-0.1, -0.05) is 36.4 Å². The van der Waals surface area contributed by atoms with E-state index in [1.165, 1.54) is 41.5 Å². The minimum Gasteiger partial charge on any atom is -0.484 e. The number of hydrogen-bond donors (Lipinski definition) is 0. The van der Waals surface area contributed by atoms with Gasteiger partial charge in [0, 0.05) is 76.4 Å². The molecule has 0 bridgehead atoms. The molecule has 3 heterocycles. The highest BCUT2D eigenvalue weighted by molar-refractivity contribution is 5.76. The summed E-state index contributed by atoms with van der Waals surface area (Å²) >= 11 is 0. The topological polar surface area (TPSA) is 185 Å². The fourth-order valence-electron chi connectivity index (χ4n) is 10.1. The molecule has 6 aromatic rings. The molecule has 0 amide bonds. The molecule has 0 N–H and O–H groups in total. The smallest absolute Gasteiger partial charge is 0.308 e. The van der Waals surface area contributed by atoms with E-state index in [0.717, 1.165) is 0 Å². The maximum absolute atomic E-state index is 12.8. The van der Waals surface area contributed by atoms with Crippen LogP contribution in [0.3, 0.4) is 0 Å². The molecule has 0 saturated heterocycles. The van der Waals surface area contributed by atoms with Crippen molar-refractivity contribution in [2.75, 3.05) is 0 Å². The molecule has 0 radical (unpaired) electrons. The molecule has 3 aliphatic heterocycles. The molecular formula is C54H42O15. The van der Waals surface area contributed by atoms with Crippen molar-refractivity contribution < 1.29 is 71.4 Å². The molecule has 15 heteroatoms. The molecule has 10 rings (SSSR count). The molecule has 348 valence electrons. The highest BCUT2D eigenvalue weighted by Gasteiger charge is 2.52. The van der Waals surface area contributed by atoms with Crippen molar-refractivity contribution >= 4 is 35.8 Å². The van der Waals surface area contributed by atoms with Crippen molar-refractivity contribution in [1.29, 1.82) is 0 Å². The van der Waals surface area contributed by atoms with Crippen LogP contribution >= 0.6 is 0 Å². The Morgan fingerprint density at radius 1 is 0.319 bits per heavy atom. The second-order valence-corrected chi connectivity index (χ2v) is 17.1. The molecule has 6 atom stereocenters. The summed E-state index contributed by atoms with van der Waals surface area (Å²) in [5.74, 6) is -2.59. The van der Waals surface area contributed by atoms with Crippen molar-refractivity contribution in [2.24, 2.45) is 0 Å². The van der Waals surface area contributed by atoms with Crippen molar-refractivity contribution in [3.8, 4) is 51.7 Å². The summed E-state index contributed by atoms with van der Waals surface area (Å²) in [6, 6.07) is 31.2. The van der Waals surface area contributed by atoms with Crippen LogP contribution in [-0.2, 0) is 28.8 Å². The quantitative estimate of drug-likeness (QED) is 0.0986. The Kier molecular flexibility index (Phi) is 11.1. The van der Waals surface area contributed by atoms with E-state index in [9.17, 15) is 28.8 Å². The monoisotopic (exact) mass is 930 g/mol. The van der Waals surface area contributed by atoms with Crippen molar-refractivity contribution in [3.63, 3.8) is 0 Å². The van der Waals surface area contributed by atoms with Crippen LogP contribution in [0.4, 0.5) is 0 Å². The Bertz CT molecular complexity index is 2800. The van der Waals surface area contributed by atoms with Crippen LogP contribution in [0.25, 0.3) is 0 Å². The van der Waals surface area contributed by atoms with Crippen LogP contribution in [-0.4, -0.2) is 35.8 Å². The first-order valence-corrected chi connectivity index (χ1v) is 22.0. The zero-order chi connectivity index (χ0) is 48.4. The first-order valence-electron chi connectivity index (χ1n) is 22.0. The lowest BCUT2D eigenvalue weighted by atomic mass is 9.76. The standard InChI is InChI=1S/C54H42O15/c1-25(55)61-34-13-7-31(8-14-34)52-49-40-19-37(64-28(4)58)23-44-47(40)51(54(68-44)33-11-17-36(18-12-33)63-27(3)57)42-21-39(66-30(6)60)24-45-48(42)50(41-20-38(65-29(5)59)22-43(67-52)46(41)49)53(69-45)32-9-15-35(16-10-32)62-26(2)56/h7-24,49-54H,1-6H3/t49-,50-,51+,52?,53?,54?/m1/s1. The molecular weight excluding hydrogens is 889 g/mol. The van der Waals surface area contributed by atoms with Gasteiger partial charge in [0.1, 0.15) is 70.1 Å². The SMILES string of the molecule is CC(=O)Oc1ccc(C2Oc3cc(OC(C)=O)cc4c3[C@H]2c2cc(OC(C)=O)cc3c2[C@@H](c2cc(OC(C)=O)cc5c2[C@H]4C(c2ccc(OC(C)=O)cc2)O5)C(c2ccc(OC(C)=O)cc2)O3)cc1. The van der Waals surface area contributed by atoms with Gasteiger partial charge in [-0.3, -0.25) is 28.8 Å². The van der Waals surface area contributed by atoms with Gasteiger partial charge in [-0.05, 0) is 88.0 Å². The van der Waals surface area contributed by atoms with Gasteiger partial charge in [0.2, 0.25) is 0 Å². The molecule has 6 aromatic carbocycles. The number of rotatable bonds is 9. The lowest BCUT2D eigenvalue weighted by Gasteiger charge is -2.26. The van der Waals surface area contributed by atoms with E-state index in [4.69, 9.17) is 42.6 Å². The van der Waals surface area contributed by atoms with Gasteiger partial charge in [-0.25, -0.2) is 0 Å². The van der Waals surface area contributed by atoms with E-state index in [1.807, 2.05) is 0 Å². The molecule has 3 unspecified atom stereocenters. The number of fused-ring (bicyclic) bond motifs is 3. The average Bonchev–Trinajstić information content (AvgIpc) is 3.98. The second-order valence-electron chi connectivity index (χ2n) is 17.1. The zero-order valence-corrected chi connectivity index (χ0v) is 38.0. The first kappa shape index (κ1) is 44.4. The predicted molar refractivity (Wildman–Crippen MR) is 242 cm³/mol. The van der Waals surface area contributed by atoms with Crippen molar-refractivity contribution in [2.45, 2.75) is 77.6 Å². The van der Waals surface area contributed by atoms with E-state index in [-0.39, 0.29) is 17.2 Å². The van der Waals surface area contributed by atoms with Crippen LogP contribution in [0.2, 0.25) is 0 Å². The predicted octanol–water partition coefficient (Wildman–Crippen LogP) is 9.35. The molecule has 0 spiro atoms. The average molecular weight is 931 g/mol. The first-order chi connectivity index (χ1) is 33.1. The molecule has 4 aliphatic rings. The van der Waals surface area contributed by atoms with Crippen LogP contribution < -0.4 is 42.6 Å². The van der Waals surface area contributed by atoms with Gasteiger partial charge in [0.15, 0.2) is 0 Å². The molecule has 15 nitrogen and oxygen atoms in total. The molecule has 1 aliphatic carbocycles. The Hall–Kier alpha value is -8.46. The number of ether oxygens (including phenoxy) is 9. The Labute approximate surface area is 394 Å². The Morgan fingerprint density at radius 2 is 0.536 bits per heavy atom. The molecule has 69 heavy (non-hydrogen) atoms. The summed E-state index contributed by atoms with van der Waals surface area (Å²) in [4.78, 5) is 74.3. The number of esters is 6. The highest BCUT2D eigenvalue weighted by Crippen LogP contribution is 2.66. The third kappa shape index (κ3) is 8.36. The number of hydrogen-bond acceptors (Lipinski definition) is 15. The lowest BCUT2D eigenvalue weighted by molar-refractivity contribution is -0.132. The van der Waals surface area contributed by atoms with Crippen LogP contribution in [0.1, 0.15) is 128 Å². The van der Waals surface area contributed by atoms with Crippen LogP contribution in [0.5, 0.6) is 51.7 Å². The summed E-state index contributed by atoms with van der Waals surface area (Å²) in [6.07, 6.45) is -2.42. The van der Waals surface area contributed by atoms with E-state index in [2.05, 4.69) is 0 Å². The van der Waals surface area contributed by atoms with E-state index in [1.54, 1.807) is 109 Å². The second kappa shape index (κ2) is 17.3. The van der Waals surface area contributed by atoms with Gasteiger partial charge in [0.25, 0.3) is 0 Å². The maximum Gasteiger partial charge on any atom is 0.308 e. The van der Waals surface area contributed by atoms with E-state index < -0.39 is 71.9 Å². The lowest BCUT2D eigenvalue weighted by Crippen LogP contribution is -2.17. The number of benzene rings is 6. The molecule has 0 aromatic heterocycles. The van der Waals surface area contributed by atoms with Gasteiger partial charge < -0.3 is 42.6 Å². The Balaban J connectivity index is 1.31. The third-order valence-electron chi connectivity index (χ3n) is 12.2. The molecule has 0 fully saturated rings. The van der Waals surface area contributed by atoms with Gasteiger partial charge >= 0.3 is 35.8 Å². The third-order valence-corrected chi connectivity index (χ3v) is 12.2. The van der Waals surface area contributed by atoms with Crippen LogP contribution in [0.15, 0.2) is 109 Å². The van der Waals surface area contributed by atoms with Crippen molar-refractivity contribution in [1.82, 2.24) is 0 Å².